The van der Waals surface area contributed by atoms with E-state index in [0.717, 1.165) is 26.7 Å². The summed E-state index contributed by atoms with van der Waals surface area (Å²) in [6, 6.07) is 14.0. The third-order valence-corrected chi connectivity index (χ3v) is 5.26. The molecule has 0 saturated carbocycles. The van der Waals surface area contributed by atoms with E-state index < -0.39 is 0 Å². The van der Waals surface area contributed by atoms with Gasteiger partial charge >= 0.3 is 0 Å². The summed E-state index contributed by atoms with van der Waals surface area (Å²) in [6.07, 6.45) is 0.705. The van der Waals surface area contributed by atoms with Crippen LogP contribution in [0.5, 0.6) is 0 Å². The van der Waals surface area contributed by atoms with Gasteiger partial charge in [-0.2, -0.15) is 0 Å². The molecule has 1 amide bonds. The molecular formula is C20H19FN2OS. The fraction of sp³-hybridized carbons (Fsp3) is 0.200. The van der Waals surface area contributed by atoms with Gasteiger partial charge in [-0.25, -0.2) is 9.37 Å². The Morgan fingerprint density at radius 3 is 2.72 bits per heavy atom. The molecule has 25 heavy (non-hydrogen) atoms. The number of thiazole rings is 1. The summed E-state index contributed by atoms with van der Waals surface area (Å²) in [5, 5.41) is 3.76. The zero-order chi connectivity index (χ0) is 17.8. The Kier molecular flexibility index (Phi) is 5.24. The molecule has 0 spiro atoms. The van der Waals surface area contributed by atoms with Crippen LogP contribution >= 0.6 is 11.3 Å². The first-order valence-electron chi connectivity index (χ1n) is 8.10. The molecule has 0 fully saturated rings. The number of amides is 1. The Bertz CT molecular complexity index is 904. The molecule has 128 valence electrons. The zero-order valence-electron chi connectivity index (χ0n) is 14.2. The number of hydrogen-bond donors (Lipinski definition) is 1. The normalized spacial score (nSPS) is 10.7. The minimum absolute atomic E-state index is 0.0642. The van der Waals surface area contributed by atoms with E-state index in [2.05, 4.69) is 10.3 Å². The van der Waals surface area contributed by atoms with Crippen LogP contribution in [0.25, 0.3) is 10.6 Å². The Morgan fingerprint density at radius 1 is 1.16 bits per heavy atom. The minimum Gasteiger partial charge on any atom is -0.352 e. The molecule has 5 heteroatoms. The summed E-state index contributed by atoms with van der Waals surface area (Å²) in [5.74, 6) is -0.331. The van der Waals surface area contributed by atoms with Gasteiger partial charge in [-0.3, -0.25) is 4.79 Å². The number of aryl methyl sites for hydroxylation is 2. The fourth-order valence-corrected chi connectivity index (χ4v) is 3.68. The van der Waals surface area contributed by atoms with Crippen LogP contribution in [0, 0.1) is 19.7 Å². The van der Waals surface area contributed by atoms with Crippen molar-refractivity contribution in [2.24, 2.45) is 0 Å². The largest absolute Gasteiger partial charge is 0.352 e. The molecule has 3 nitrogen and oxygen atoms in total. The Hall–Kier alpha value is -2.53. The number of carbonyl (C=O) groups excluding carboxylic acids is 1. The monoisotopic (exact) mass is 354 g/mol. The van der Waals surface area contributed by atoms with E-state index in [0.29, 0.717) is 18.5 Å². The van der Waals surface area contributed by atoms with Crippen molar-refractivity contribution < 1.29 is 9.18 Å². The van der Waals surface area contributed by atoms with Crippen LogP contribution in [0.15, 0.2) is 48.5 Å². The standard InChI is InChI=1S/C20H19FN2OS/c1-13-6-3-4-9-17(13)19(24)22-11-10-18-14(2)23-20(25-18)15-7-5-8-16(21)12-15/h3-9,12H,10-11H2,1-2H3,(H,22,24). The molecule has 3 aromatic rings. The van der Waals surface area contributed by atoms with Crippen LogP contribution in [-0.4, -0.2) is 17.4 Å². The molecule has 0 radical (unpaired) electrons. The molecule has 2 aromatic carbocycles. The van der Waals surface area contributed by atoms with Gasteiger partial charge in [0.15, 0.2) is 0 Å². The summed E-state index contributed by atoms with van der Waals surface area (Å²) in [6.45, 7) is 4.41. The van der Waals surface area contributed by atoms with Crippen molar-refractivity contribution in [1.82, 2.24) is 10.3 Å². The number of rotatable bonds is 5. The summed E-state index contributed by atoms with van der Waals surface area (Å²) >= 11 is 1.54. The molecule has 0 saturated heterocycles. The zero-order valence-corrected chi connectivity index (χ0v) is 15.0. The third kappa shape index (κ3) is 4.12. The number of nitrogens with one attached hydrogen (secondary N) is 1. The van der Waals surface area contributed by atoms with Crippen LogP contribution in [0.4, 0.5) is 4.39 Å². The molecule has 1 heterocycles. The molecule has 0 bridgehead atoms. The predicted octanol–water partition coefficient (Wildman–Crippen LogP) is 4.54. The molecule has 3 rings (SSSR count). The summed E-state index contributed by atoms with van der Waals surface area (Å²) in [4.78, 5) is 17.9. The van der Waals surface area contributed by atoms with Gasteiger partial charge in [0.25, 0.3) is 5.91 Å². The highest BCUT2D eigenvalue weighted by atomic mass is 32.1. The smallest absolute Gasteiger partial charge is 0.251 e. The lowest BCUT2D eigenvalue weighted by Gasteiger charge is -2.07. The number of benzene rings is 2. The van der Waals surface area contributed by atoms with Gasteiger partial charge in [0.05, 0.1) is 5.69 Å². The molecule has 1 N–H and O–H groups in total. The number of aromatic nitrogens is 1. The first-order chi connectivity index (χ1) is 12.0. The lowest BCUT2D eigenvalue weighted by molar-refractivity contribution is 0.0953. The summed E-state index contributed by atoms with van der Waals surface area (Å²) in [7, 11) is 0. The Balaban J connectivity index is 1.64. The average Bonchev–Trinajstić information content (AvgIpc) is 2.96. The highest BCUT2D eigenvalue weighted by Crippen LogP contribution is 2.28. The summed E-state index contributed by atoms with van der Waals surface area (Å²) < 4.78 is 13.4. The van der Waals surface area contributed by atoms with Crippen molar-refractivity contribution in [3.63, 3.8) is 0 Å². The average molecular weight is 354 g/mol. The van der Waals surface area contributed by atoms with Crippen LogP contribution < -0.4 is 5.32 Å². The van der Waals surface area contributed by atoms with E-state index in [1.165, 1.54) is 12.1 Å². The molecule has 0 aliphatic carbocycles. The van der Waals surface area contributed by atoms with Gasteiger partial charge in [0, 0.05) is 29.0 Å². The van der Waals surface area contributed by atoms with E-state index in [4.69, 9.17) is 0 Å². The van der Waals surface area contributed by atoms with Crippen molar-refractivity contribution in [2.45, 2.75) is 20.3 Å². The molecular weight excluding hydrogens is 335 g/mol. The highest BCUT2D eigenvalue weighted by Gasteiger charge is 2.11. The van der Waals surface area contributed by atoms with Gasteiger partial charge in [-0.1, -0.05) is 30.3 Å². The Morgan fingerprint density at radius 2 is 1.96 bits per heavy atom. The maximum atomic E-state index is 13.4. The lowest BCUT2D eigenvalue weighted by Crippen LogP contribution is -2.26. The number of halogens is 1. The number of carbonyl (C=O) groups is 1. The van der Waals surface area contributed by atoms with E-state index in [9.17, 15) is 9.18 Å². The second kappa shape index (κ2) is 7.57. The van der Waals surface area contributed by atoms with Crippen LogP contribution in [-0.2, 0) is 6.42 Å². The van der Waals surface area contributed by atoms with Crippen molar-refractivity contribution in [3.05, 3.63) is 76.0 Å². The van der Waals surface area contributed by atoms with Crippen molar-refractivity contribution >= 4 is 17.2 Å². The van der Waals surface area contributed by atoms with Crippen molar-refractivity contribution in [3.8, 4) is 10.6 Å². The van der Waals surface area contributed by atoms with Crippen LogP contribution in [0.2, 0.25) is 0 Å². The van der Waals surface area contributed by atoms with Gasteiger partial charge in [0.2, 0.25) is 0 Å². The predicted molar refractivity (Wildman–Crippen MR) is 99.5 cm³/mol. The van der Waals surface area contributed by atoms with Crippen LogP contribution in [0.3, 0.4) is 0 Å². The highest BCUT2D eigenvalue weighted by molar-refractivity contribution is 7.15. The maximum Gasteiger partial charge on any atom is 0.251 e. The summed E-state index contributed by atoms with van der Waals surface area (Å²) in [5.41, 5.74) is 3.36. The SMILES string of the molecule is Cc1ccccc1C(=O)NCCc1sc(-c2cccc(F)c2)nc1C. The molecule has 0 atom stereocenters. The maximum absolute atomic E-state index is 13.4. The molecule has 0 unspecified atom stereocenters. The van der Waals surface area contributed by atoms with Gasteiger partial charge in [-0.15, -0.1) is 11.3 Å². The fourth-order valence-electron chi connectivity index (χ4n) is 2.62. The second-order valence-electron chi connectivity index (χ2n) is 5.86. The molecule has 0 aliphatic rings. The van der Waals surface area contributed by atoms with Gasteiger partial charge < -0.3 is 5.32 Å². The Labute approximate surface area is 150 Å². The first kappa shape index (κ1) is 17.3. The number of nitrogens with zero attached hydrogens (tertiary/aromatic N) is 1. The third-order valence-electron chi connectivity index (χ3n) is 3.99. The van der Waals surface area contributed by atoms with E-state index >= 15 is 0 Å². The first-order valence-corrected chi connectivity index (χ1v) is 8.92. The van der Waals surface area contributed by atoms with Gasteiger partial charge in [0.1, 0.15) is 10.8 Å². The molecule has 1 aromatic heterocycles. The second-order valence-corrected chi connectivity index (χ2v) is 6.94. The minimum atomic E-state index is -0.266. The van der Waals surface area contributed by atoms with Crippen molar-refractivity contribution in [2.75, 3.05) is 6.54 Å². The van der Waals surface area contributed by atoms with E-state index in [1.807, 2.05) is 44.2 Å². The topological polar surface area (TPSA) is 42.0 Å². The van der Waals surface area contributed by atoms with Gasteiger partial charge in [-0.05, 0) is 37.6 Å². The quantitative estimate of drug-likeness (QED) is 0.731. The number of hydrogen-bond acceptors (Lipinski definition) is 3. The molecule has 0 aliphatic heterocycles. The van der Waals surface area contributed by atoms with E-state index in [1.54, 1.807) is 17.4 Å². The lowest BCUT2D eigenvalue weighted by atomic mass is 10.1. The van der Waals surface area contributed by atoms with Crippen molar-refractivity contribution in [1.29, 1.82) is 0 Å². The van der Waals surface area contributed by atoms with Crippen LogP contribution in [0.1, 0.15) is 26.5 Å². The van der Waals surface area contributed by atoms with E-state index in [-0.39, 0.29) is 11.7 Å².